The molecule has 1 aromatic rings. The van der Waals surface area contributed by atoms with E-state index in [1.165, 1.54) is 12.1 Å². The zero-order chi connectivity index (χ0) is 18.6. The smallest absolute Gasteiger partial charge is 0.451 e. The van der Waals surface area contributed by atoms with E-state index in [0.29, 0.717) is 25.2 Å². The fourth-order valence-corrected chi connectivity index (χ4v) is 2.72. The average molecular weight is 354 g/mol. The summed E-state index contributed by atoms with van der Waals surface area (Å²) >= 11 is 0. The highest BCUT2D eigenvalue weighted by Gasteiger charge is 2.31. The lowest BCUT2D eigenvalue weighted by Crippen LogP contribution is -2.57. The predicted octanol–water partition coefficient (Wildman–Crippen LogP) is -1.51. The first-order valence-corrected chi connectivity index (χ1v) is 8.01. The lowest BCUT2D eigenvalue weighted by atomic mass is 9.82. The number of benzene rings is 1. The molecule has 1 unspecified atom stereocenters. The minimum Gasteiger partial charge on any atom is -0.507 e. The normalized spacial score (nSPS) is 16.3. The Balaban J connectivity index is 2.04. The van der Waals surface area contributed by atoms with E-state index < -0.39 is 18.8 Å². The van der Waals surface area contributed by atoms with E-state index in [9.17, 15) is 15.0 Å². The van der Waals surface area contributed by atoms with Crippen LogP contribution < -0.4 is 10.5 Å². The summed E-state index contributed by atoms with van der Waals surface area (Å²) in [6.45, 7) is 1.51. The molecule has 1 aromatic carbocycles. The number of likely N-dealkylation sites (tertiary alicyclic amines) is 1. The van der Waals surface area contributed by atoms with Crippen LogP contribution in [0.1, 0.15) is 15.9 Å². The molecule has 0 radical (unpaired) electrons. The minimum absolute atomic E-state index is 0.0183. The molecule has 0 saturated carbocycles. The lowest BCUT2D eigenvalue weighted by molar-refractivity contribution is 0.0119. The van der Waals surface area contributed by atoms with Crippen molar-refractivity contribution in [1.29, 1.82) is 0 Å². The van der Waals surface area contributed by atoms with Crippen molar-refractivity contribution in [3.63, 3.8) is 0 Å². The maximum absolute atomic E-state index is 11.5. The number of carbonyl (C=O) groups is 1. The van der Waals surface area contributed by atoms with Gasteiger partial charge >= 0.3 is 13.1 Å². The number of aromatic carboxylic acids is 1. The Bertz CT molecular complexity index is 608. The van der Waals surface area contributed by atoms with Crippen LogP contribution in [-0.4, -0.2) is 81.7 Å². The first-order valence-electron chi connectivity index (χ1n) is 8.01. The van der Waals surface area contributed by atoms with Gasteiger partial charge in [-0.1, -0.05) is 6.07 Å². The first-order chi connectivity index (χ1) is 11.8. The van der Waals surface area contributed by atoms with Crippen LogP contribution in [-0.2, 0) is 6.42 Å². The van der Waals surface area contributed by atoms with Crippen LogP contribution in [0.3, 0.4) is 0 Å². The molecule has 138 valence electrons. The van der Waals surface area contributed by atoms with E-state index in [4.69, 9.17) is 25.6 Å². The molecule has 1 heterocycles. The number of carboxylic acids is 1. The number of rotatable bonds is 9. The number of aliphatic hydroxyl groups is 1. The van der Waals surface area contributed by atoms with Crippen molar-refractivity contribution in [1.82, 2.24) is 4.90 Å². The van der Waals surface area contributed by atoms with Gasteiger partial charge in [-0.3, -0.25) is 4.90 Å². The summed E-state index contributed by atoms with van der Waals surface area (Å²) in [5.74, 6) is -1.68. The third kappa shape index (κ3) is 5.06. The van der Waals surface area contributed by atoms with Gasteiger partial charge in [0.2, 0.25) is 0 Å². The van der Waals surface area contributed by atoms with Crippen molar-refractivity contribution < 1.29 is 34.9 Å². The highest BCUT2D eigenvalue weighted by Crippen LogP contribution is 2.33. The quantitative estimate of drug-likeness (QED) is 0.290. The third-order valence-corrected chi connectivity index (χ3v) is 4.05. The second kappa shape index (κ2) is 8.50. The summed E-state index contributed by atoms with van der Waals surface area (Å²) in [6, 6.07) is 2.64. The van der Waals surface area contributed by atoms with Crippen molar-refractivity contribution in [2.45, 2.75) is 24.9 Å². The van der Waals surface area contributed by atoms with Gasteiger partial charge in [0.05, 0.1) is 6.61 Å². The number of hydrogen-bond donors (Lipinski definition) is 6. The van der Waals surface area contributed by atoms with Gasteiger partial charge in [0.1, 0.15) is 23.2 Å². The van der Waals surface area contributed by atoms with E-state index in [-0.39, 0.29) is 42.8 Å². The summed E-state index contributed by atoms with van der Waals surface area (Å²) in [6.07, 6.45) is -0.121. The SMILES string of the molecule is NC(CO)CN1CC(Oc2ccc(CCB(O)O)c(O)c2C(=O)O)C1. The monoisotopic (exact) mass is 354 g/mol. The number of aryl methyl sites for hydroxylation is 1. The molecule has 1 saturated heterocycles. The van der Waals surface area contributed by atoms with Crippen molar-refractivity contribution in [3.8, 4) is 11.5 Å². The second-order valence-electron chi connectivity index (χ2n) is 6.17. The van der Waals surface area contributed by atoms with Crippen LogP contribution in [0.5, 0.6) is 11.5 Å². The van der Waals surface area contributed by atoms with Crippen LogP contribution in [0.25, 0.3) is 0 Å². The Kier molecular flexibility index (Phi) is 6.62. The van der Waals surface area contributed by atoms with Crippen LogP contribution >= 0.6 is 0 Å². The molecule has 1 atom stereocenters. The number of carboxylic acid groups (broad SMARTS) is 1. The molecular weight excluding hydrogens is 331 g/mol. The summed E-state index contributed by atoms with van der Waals surface area (Å²) in [7, 11) is -1.53. The van der Waals surface area contributed by atoms with E-state index >= 15 is 0 Å². The zero-order valence-electron chi connectivity index (χ0n) is 13.7. The highest BCUT2D eigenvalue weighted by molar-refractivity contribution is 6.41. The third-order valence-electron chi connectivity index (χ3n) is 4.05. The Morgan fingerprint density at radius 1 is 1.40 bits per heavy atom. The molecule has 7 N–H and O–H groups in total. The Morgan fingerprint density at radius 3 is 2.64 bits per heavy atom. The van der Waals surface area contributed by atoms with Gasteiger partial charge < -0.3 is 35.8 Å². The molecule has 25 heavy (non-hydrogen) atoms. The molecular formula is C15H23BN2O7. The lowest BCUT2D eigenvalue weighted by Gasteiger charge is -2.40. The first kappa shape index (κ1) is 19.5. The molecule has 1 fully saturated rings. The van der Waals surface area contributed by atoms with Crippen LogP contribution in [0.15, 0.2) is 12.1 Å². The van der Waals surface area contributed by atoms with Gasteiger partial charge in [0.15, 0.2) is 0 Å². The van der Waals surface area contributed by atoms with Crippen molar-refractivity contribution in [2.75, 3.05) is 26.2 Å². The van der Waals surface area contributed by atoms with Gasteiger partial charge in [0.25, 0.3) is 0 Å². The molecule has 0 bridgehead atoms. The summed E-state index contributed by atoms with van der Waals surface area (Å²) < 4.78 is 5.67. The molecule has 10 heteroatoms. The van der Waals surface area contributed by atoms with Crippen LogP contribution in [0, 0.1) is 0 Å². The predicted molar refractivity (Wildman–Crippen MR) is 89.7 cm³/mol. The van der Waals surface area contributed by atoms with E-state index in [1.54, 1.807) is 0 Å². The second-order valence-corrected chi connectivity index (χ2v) is 6.17. The minimum atomic E-state index is -1.53. The zero-order valence-corrected chi connectivity index (χ0v) is 13.7. The number of ether oxygens (including phenoxy) is 1. The standard InChI is InChI=1S/C15H23BN2O7/c17-10(8-19)5-18-6-11(7-18)25-12-2-1-9(3-4-16(23)24)14(20)13(12)15(21)22/h1-2,10-11,19-20,23-24H,3-8,17H2,(H,21,22). The van der Waals surface area contributed by atoms with Crippen molar-refractivity contribution >= 4 is 13.1 Å². The number of nitrogens with two attached hydrogens (primary N) is 1. The van der Waals surface area contributed by atoms with E-state index in [2.05, 4.69) is 0 Å². The Labute approximate surface area is 145 Å². The maximum Gasteiger partial charge on any atom is 0.451 e. The van der Waals surface area contributed by atoms with E-state index in [0.717, 1.165) is 0 Å². The maximum atomic E-state index is 11.5. The van der Waals surface area contributed by atoms with Gasteiger partial charge in [-0.25, -0.2) is 4.79 Å². The molecule has 0 aromatic heterocycles. The fourth-order valence-electron chi connectivity index (χ4n) is 2.72. The number of nitrogens with zero attached hydrogens (tertiary/aromatic N) is 1. The number of aromatic hydroxyl groups is 1. The summed E-state index contributed by atoms with van der Waals surface area (Å²) in [4.78, 5) is 13.5. The Morgan fingerprint density at radius 2 is 2.08 bits per heavy atom. The topological polar surface area (TPSA) is 157 Å². The molecule has 0 amide bonds. The summed E-state index contributed by atoms with van der Waals surface area (Å²) in [5, 5.41) is 46.3. The Hall–Kier alpha value is -1.85. The molecule has 1 aliphatic rings. The van der Waals surface area contributed by atoms with Crippen molar-refractivity contribution in [2.24, 2.45) is 5.73 Å². The molecule has 1 aliphatic heterocycles. The van der Waals surface area contributed by atoms with Crippen LogP contribution in [0.4, 0.5) is 0 Å². The number of aliphatic hydroxyl groups excluding tert-OH is 1. The molecule has 0 spiro atoms. The number of hydrogen-bond acceptors (Lipinski definition) is 8. The van der Waals surface area contributed by atoms with Gasteiger partial charge in [0, 0.05) is 25.7 Å². The largest absolute Gasteiger partial charge is 0.507 e. The van der Waals surface area contributed by atoms with Crippen LogP contribution in [0.2, 0.25) is 6.32 Å². The highest BCUT2D eigenvalue weighted by atomic mass is 16.5. The van der Waals surface area contributed by atoms with Gasteiger partial charge in [-0.05, 0) is 24.4 Å². The number of phenols is 1. The summed E-state index contributed by atoms with van der Waals surface area (Å²) in [5.41, 5.74) is 5.62. The molecule has 2 rings (SSSR count). The average Bonchev–Trinajstić information content (AvgIpc) is 2.51. The van der Waals surface area contributed by atoms with E-state index in [1.807, 2.05) is 4.90 Å². The van der Waals surface area contributed by atoms with Gasteiger partial charge in [-0.2, -0.15) is 0 Å². The van der Waals surface area contributed by atoms with Crippen molar-refractivity contribution in [3.05, 3.63) is 23.3 Å². The van der Waals surface area contributed by atoms with Gasteiger partial charge in [-0.15, -0.1) is 0 Å². The molecule has 0 aliphatic carbocycles. The fraction of sp³-hybridized carbons (Fsp3) is 0.533. The molecule has 9 nitrogen and oxygen atoms in total.